The van der Waals surface area contributed by atoms with Crippen molar-refractivity contribution in [1.82, 2.24) is 14.8 Å². The molecule has 0 radical (unpaired) electrons. The van der Waals surface area contributed by atoms with Gasteiger partial charge in [0.15, 0.2) is 0 Å². The molecule has 25 heavy (non-hydrogen) atoms. The number of benzene rings is 2. The average Bonchev–Trinajstić information content (AvgIpc) is 3.04. The van der Waals surface area contributed by atoms with Crippen LogP contribution in [0.2, 0.25) is 0 Å². The predicted molar refractivity (Wildman–Crippen MR) is 96.7 cm³/mol. The first kappa shape index (κ1) is 15.4. The van der Waals surface area contributed by atoms with Gasteiger partial charge in [0.1, 0.15) is 0 Å². The number of hydrogen-bond donors (Lipinski definition) is 2. The molecule has 2 N–H and O–H groups in total. The van der Waals surface area contributed by atoms with Crippen LogP contribution in [0.4, 0.5) is 11.9 Å². The number of fused-ring (bicyclic) bond motifs is 1. The maximum absolute atomic E-state index is 12.3. The molecule has 6 nitrogen and oxygen atoms in total. The molecular weight excluding hydrogens is 314 g/mol. The summed E-state index contributed by atoms with van der Waals surface area (Å²) in [6, 6.07) is 19.7. The zero-order valence-corrected chi connectivity index (χ0v) is 13.9. The lowest BCUT2D eigenvalue weighted by Crippen LogP contribution is -2.31. The van der Waals surface area contributed by atoms with E-state index in [9.17, 15) is 4.79 Å². The monoisotopic (exact) mass is 333 g/mol. The summed E-state index contributed by atoms with van der Waals surface area (Å²) in [5, 5.41) is 10.6. The van der Waals surface area contributed by atoms with E-state index in [1.54, 1.807) is 12.1 Å². The summed E-state index contributed by atoms with van der Waals surface area (Å²) in [6.07, 6.45) is 0.909. The number of nitrogens with one attached hydrogen (secondary N) is 2. The van der Waals surface area contributed by atoms with Gasteiger partial charge in [-0.3, -0.25) is 10.1 Å². The summed E-state index contributed by atoms with van der Waals surface area (Å²) in [6.45, 7) is 2.12. The van der Waals surface area contributed by atoms with Gasteiger partial charge in [0, 0.05) is 11.6 Å². The Hall–Kier alpha value is -3.15. The van der Waals surface area contributed by atoms with Crippen LogP contribution < -0.4 is 10.6 Å². The summed E-state index contributed by atoms with van der Waals surface area (Å²) >= 11 is 0. The predicted octanol–water partition coefficient (Wildman–Crippen LogP) is 3.32. The molecule has 0 saturated carbocycles. The molecule has 0 saturated heterocycles. The maximum Gasteiger partial charge on any atom is 0.258 e. The van der Waals surface area contributed by atoms with Crippen molar-refractivity contribution in [2.45, 2.75) is 25.4 Å². The zero-order chi connectivity index (χ0) is 17.2. The number of carbonyl (C=O) groups excluding carboxylic acids is 1. The summed E-state index contributed by atoms with van der Waals surface area (Å²) in [7, 11) is 0. The fourth-order valence-electron chi connectivity index (χ4n) is 3.12. The molecule has 4 rings (SSSR count). The van der Waals surface area contributed by atoms with Crippen LogP contribution in [0.25, 0.3) is 0 Å². The van der Waals surface area contributed by atoms with Gasteiger partial charge in [-0.2, -0.15) is 4.98 Å². The SMILES string of the molecule is C[C@@H]1C[C@H](c2ccccc2)n2nc(NC(=O)c3ccccc3)nc2N1. The van der Waals surface area contributed by atoms with Crippen molar-refractivity contribution in [3.05, 3.63) is 71.8 Å². The summed E-state index contributed by atoms with van der Waals surface area (Å²) in [5.74, 6) is 0.773. The topological polar surface area (TPSA) is 71.8 Å². The quantitative estimate of drug-likeness (QED) is 0.771. The van der Waals surface area contributed by atoms with Crippen LogP contribution in [-0.2, 0) is 0 Å². The molecule has 126 valence electrons. The third kappa shape index (κ3) is 3.10. The van der Waals surface area contributed by atoms with Crippen LogP contribution in [0, 0.1) is 0 Å². The highest BCUT2D eigenvalue weighted by molar-refractivity contribution is 6.03. The minimum atomic E-state index is -0.215. The Bertz CT molecular complexity index is 875. The first-order valence-electron chi connectivity index (χ1n) is 8.35. The summed E-state index contributed by atoms with van der Waals surface area (Å²) in [5.41, 5.74) is 1.76. The number of anilines is 2. The third-order valence-electron chi connectivity index (χ3n) is 4.32. The highest BCUT2D eigenvalue weighted by atomic mass is 16.1. The number of carbonyl (C=O) groups is 1. The average molecular weight is 333 g/mol. The second-order valence-corrected chi connectivity index (χ2v) is 6.23. The maximum atomic E-state index is 12.3. The lowest BCUT2D eigenvalue weighted by atomic mass is 9.99. The normalized spacial score (nSPS) is 18.9. The minimum absolute atomic E-state index is 0.0994. The first-order chi connectivity index (χ1) is 12.2. The van der Waals surface area contributed by atoms with E-state index in [1.807, 2.05) is 41.1 Å². The van der Waals surface area contributed by atoms with Gasteiger partial charge in [-0.1, -0.05) is 48.5 Å². The molecule has 3 aromatic rings. The molecule has 0 unspecified atom stereocenters. The van der Waals surface area contributed by atoms with Gasteiger partial charge >= 0.3 is 0 Å². The van der Waals surface area contributed by atoms with Crippen molar-refractivity contribution in [2.75, 3.05) is 10.6 Å². The lowest BCUT2D eigenvalue weighted by Gasteiger charge is -2.29. The lowest BCUT2D eigenvalue weighted by molar-refractivity contribution is 0.102. The molecule has 2 heterocycles. The standard InChI is InChI=1S/C19H19N5O/c1-13-12-16(14-8-4-2-5-9-14)24-19(20-13)22-18(23-24)21-17(25)15-10-6-3-7-11-15/h2-11,13,16H,12H2,1H3,(H2,20,21,22,23,25)/t13-,16-/m1/s1. The van der Waals surface area contributed by atoms with Crippen molar-refractivity contribution >= 4 is 17.8 Å². The van der Waals surface area contributed by atoms with Gasteiger partial charge in [0.2, 0.25) is 5.95 Å². The van der Waals surface area contributed by atoms with Crippen LogP contribution in [0.5, 0.6) is 0 Å². The van der Waals surface area contributed by atoms with Crippen molar-refractivity contribution in [1.29, 1.82) is 0 Å². The Morgan fingerprint density at radius 2 is 1.80 bits per heavy atom. The van der Waals surface area contributed by atoms with E-state index >= 15 is 0 Å². The number of hydrogen-bond acceptors (Lipinski definition) is 4. The van der Waals surface area contributed by atoms with Crippen LogP contribution in [0.3, 0.4) is 0 Å². The van der Waals surface area contributed by atoms with E-state index in [4.69, 9.17) is 0 Å². The molecule has 0 bridgehead atoms. The number of aromatic nitrogens is 3. The van der Waals surface area contributed by atoms with Crippen molar-refractivity contribution < 1.29 is 4.79 Å². The Balaban J connectivity index is 1.62. The van der Waals surface area contributed by atoms with Crippen LogP contribution in [0.15, 0.2) is 60.7 Å². The van der Waals surface area contributed by atoms with Crippen molar-refractivity contribution in [3.8, 4) is 0 Å². The Labute approximate surface area is 145 Å². The van der Waals surface area contributed by atoms with Gasteiger partial charge in [-0.05, 0) is 31.0 Å². The largest absolute Gasteiger partial charge is 0.352 e. The molecule has 2 aromatic carbocycles. The van der Waals surface area contributed by atoms with Crippen LogP contribution >= 0.6 is 0 Å². The molecule has 0 aliphatic carbocycles. The molecule has 0 fully saturated rings. The van der Waals surface area contributed by atoms with Gasteiger partial charge in [-0.15, -0.1) is 5.10 Å². The molecule has 6 heteroatoms. The number of nitrogens with zero attached hydrogens (tertiary/aromatic N) is 3. The smallest absolute Gasteiger partial charge is 0.258 e. The number of rotatable bonds is 3. The Kier molecular flexibility index (Phi) is 3.93. The first-order valence-corrected chi connectivity index (χ1v) is 8.35. The Morgan fingerprint density at radius 3 is 2.52 bits per heavy atom. The van der Waals surface area contributed by atoms with E-state index in [0.717, 1.165) is 6.42 Å². The Morgan fingerprint density at radius 1 is 1.12 bits per heavy atom. The van der Waals surface area contributed by atoms with E-state index in [1.165, 1.54) is 5.56 Å². The van der Waals surface area contributed by atoms with Gasteiger partial charge in [0.05, 0.1) is 6.04 Å². The van der Waals surface area contributed by atoms with E-state index in [0.29, 0.717) is 17.5 Å². The van der Waals surface area contributed by atoms with Crippen molar-refractivity contribution in [2.24, 2.45) is 0 Å². The highest BCUT2D eigenvalue weighted by Gasteiger charge is 2.28. The van der Waals surface area contributed by atoms with Gasteiger partial charge in [0.25, 0.3) is 11.9 Å². The molecule has 1 aromatic heterocycles. The summed E-state index contributed by atoms with van der Waals surface area (Å²) in [4.78, 5) is 16.8. The second kappa shape index (κ2) is 6.39. The summed E-state index contributed by atoms with van der Waals surface area (Å²) < 4.78 is 1.86. The van der Waals surface area contributed by atoms with Gasteiger partial charge in [-0.25, -0.2) is 4.68 Å². The second-order valence-electron chi connectivity index (χ2n) is 6.23. The zero-order valence-electron chi connectivity index (χ0n) is 13.9. The van der Waals surface area contributed by atoms with Crippen molar-refractivity contribution in [3.63, 3.8) is 0 Å². The molecule has 0 spiro atoms. The highest BCUT2D eigenvalue weighted by Crippen LogP contribution is 2.31. The number of amides is 1. The minimum Gasteiger partial charge on any atom is -0.352 e. The van der Waals surface area contributed by atoms with Gasteiger partial charge < -0.3 is 5.32 Å². The molecule has 1 amide bonds. The molecular formula is C19H19N5O. The van der Waals surface area contributed by atoms with E-state index < -0.39 is 0 Å². The molecule has 1 aliphatic rings. The molecule has 1 aliphatic heterocycles. The van der Waals surface area contributed by atoms with E-state index in [-0.39, 0.29) is 18.0 Å². The van der Waals surface area contributed by atoms with E-state index in [2.05, 4.69) is 39.8 Å². The molecule has 2 atom stereocenters. The fraction of sp³-hybridized carbons (Fsp3) is 0.211. The van der Waals surface area contributed by atoms with Crippen LogP contribution in [-0.4, -0.2) is 26.7 Å². The third-order valence-corrected chi connectivity index (χ3v) is 4.32. The fourth-order valence-corrected chi connectivity index (χ4v) is 3.12. The van der Waals surface area contributed by atoms with Crippen LogP contribution in [0.1, 0.15) is 35.3 Å².